The molecule has 360 valence electrons. The molecule has 1 atom stereocenters. The van der Waals surface area contributed by atoms with Crippen LogP contribution in [-0.2, 0) is 20.6 Å². The molecule has 0 bridgehead atoms. The summed E-state index contributed by atoms with van der Waals surface area (Å²) in [4.78, 5) is 74.9. The SMILES string of the molecule is CCc1cc(Nc2ncc(Br)c(Nc3ccc4nccnc4c3P(C)(C)=O)n2)c(OC)cc1N1CCC([C@H]2CC[C@H](CC3CN(c4ccc5c(c4)C(=O)N(C4CCC(=O)NC4=O)C5=O)C3)CC2)CC1. The van der Waals surface area contributed by atoms with Crippen molar-refractivity contribution in [2.24, 2.45) is 23.7 Å². The maximum absolute atomic E-state index is 13.6. The first-order chi connectivity index (χ1) is 33.3. The first-order valence-electron chi connectivity index (χ1n) is 24.2. The lowest BCUT2D eigenvalue weighted by Crippen LogP contribution is -2.54. The van der Waals surface area contributed by atoms with Gasteiger partial charge in [0.25, 0.3) is 11.8 Å². The fraction of sp³-hybridized carbons (Fsp3) is 0.451. The summed E-state index contributed by atoms with van der Waals surface area (Å²) in [5.74, 6) is 2.52. The minimum atomic E-state index is -2.78. The summed E-state index contributed by atoms with van der Waals surface area (Å²) < 4.78 is 20.2. The van der Waals surface area contributed by atoms with Gasteiger partial charge in [0.1, 0.15) is 30.3 Å². The Kier molecular flexibility index (Phi) is 13.0. The molecule has 6 heterocycles. The molecule has 5 aliphatic rings. The molecular formula is C51H58BrN10O6P. The van der Waals surface area contributed by atoms with Crippen LogP contribution in [0.1, 0.15) is 91.0 Å². The monoisotopic (exact) mass is 1020 g/mol. The molecule has 0 radical (unpaired) electrons. The van der Waals surface area contributed by atoms with E-state index in [2.05, 4.69) is 75.7 Å². The summed E-state index contributed by atoms with van der Waals surface area (Å²) in [6.45, 7) is 9.53. The molecule has 2 aromatic heterocycles. The van der Waals surface area contributed by atoms with Gasteiger partial charge < -0.3 is 29.7 Å². The molecule has 1 saturated carbocycles. The first-order valence-corrected chi connectivity index (χ1v) is 27.6. The van der Waals surface area contributed by atoms with Gasteiger partial charge in [-0.05, 0) is 140 Å². The molecule has 5 aromatic rings. The number of aromatic nitrogens is 4. The van der Waals surface area contributed by atoms with Crippen molar-refractivity contribution >= 4 is 97.6 Å². The predicted molar refractivity (Wildman–Crippen MR) is 271 cm³/mol. The zero-order valence-electron chi connectivity index (χ0n) is 39.5. The number of halogens is 1. The summed E-state index contributed by atoms with van der Waals surface area (Å²) in [5, 5.41) is 9.68. The van der Waals surface area contributed by atoms with Crippen LogP contribution < -0.4 is 35.8 Å². The Morgan fingerprint density at radius 2 is 1.55 bits per heavy atom. The number of rotatable bonds is 13. The molecule has 10 rings (SSSR count). The van der Waals surface area contributed by atoms with E-state index in [-0.39, 0.29) is 18.7 Å². The Bertz CT molecular complexity index is 2910. The van der Waals surface area contributed by atoms with Gasteiger partial charge in [-0.2, -0.15) is 4.98 Å². The van der Waals surface area contributed by atoms with Crippen molar-refractivity contribution in [3.8, 4) is 5.75 Å². The molecule has 1 aliphatic carbocycles. The molecule has 3 saturated heterocycles. The molecule has 3 aromatic carbocycles. The first kappa shape index (κ1) is 46.8. The van der Waals surface area contributed by atoms with E-state index in [1.54, 1.807) is 51.2 Å². The van der Waals surface area contributed by atoms with Crippen molar-refractivity contribution < 1.29 is 28.5 Å². The third kappa shape index (κ3) is 9.31. The molecular weight excluding hydrogens is 960 g/mol. The largest absolute Gasteiger partial charge is 0.494 e. The number of fused-ring (bicyclic) bond motifs is 2. The number of hydrogen-bond donors (Lipinski definition) is 3. The van der Waals surface area contributed by atoms with Crippen LogP contribution in [-0.4, -0.2) is 101 Å². The van der Waals surface area contributed by atoms with Crippen LogP contribution in [0, 0.1) is 23.7 Å². The molecule has 69 heavy (non-hydrogen) atoms. The summed E-state index contributed by atoms with van der Waals surface area (Å²) >= 11 is 3.60. The minimum absolute atomic E-state index is 0.102. The quantitative estimate of drug-likeness (QED) is 0.0752. The van der Waals surface area contributed by atoms with Gasteiger partial charge in [-0.25, -0.2) is 4.98 Å². The number of amides is 4. The normalized spacial score (nSPS) is 21.3. The second-order valence-electron chi connectivity index (χ2n) is 19.7. The van der Waals surface area contributed by atoms with Gasteiger partial charge in [-0.1, -0.05) is 19.8 Å². The number of benzene rings is 3. The Labute approximate surface area is 410 Å². The summed E-state index contributed by atoms with van der Waals surface area (Å²) in [5.41, 5.74) is 6.71. The highest BCUT2D eigenvalue weighted by Gasteiger charge is 2.45. The van der Waals surface area contributed by atoms with Crippen molar-refractivity contribution in [2.45, 2.75) is 77.2 Å². The van der Waals surface area contributed by atoms with Gasteiger partial charge in [-0.15, -0.1) is 0 Å². The molecule has 3 N–H and O–H groups in total. The van der Waals surface area contributed by atoms with Gasteiger partial charge in [0, 0.05) is 68.6 Å². The summed E-state index contributed by atoms with van der Waals surface area (Å²) in [6.07, 6.45) is 14.7. The Hall–Kier alpha value is -5.93. The zero-order valence-corrected chi connectivity index (χ0v) is 41.9. The lowest BCUT2D eigenvalue weighted by Gasteiger charge is -2.44. The number of carbonyl (C=O) groups is 4. The number of ether oxygens (including phenoxy) is 1. The number of carbonyl (C=O) groups excluding carboxylic acids is 4. The van der Waals surface area contributed by atoms with E-state index in [9.17, 15) is 23.7 Å². The number of imide groups is 2. The predicted octanol–water partition coefficient (Wildman–Crippen LogP) is 8.44. The van der Waals surface area contributed by atoms with E-state index >= 15 is 0 Å². The molecule has 16 nitrogen and oxygen atoms in total. The molecule has 4 fully saturated rings. The van der Waals surface area contributed by atoms with Gasteiger partial charge >= 0.3 is 0 Å². The number of methoxy groups -OCH3 is 1. The van der Waals surface area contributed by atoms with Crippen LogP contribution in [0.4, 0.5) is 34.5 Å². The maximum atomic E-state index is 13.6. The van der Waals surface area contributed by atoms with Gasteiger partial charge in [0.15, 0.2) is 0 Å². The fourth-order valence-electron chi connectivity index (χ4n) is 11.5. The van der Waals surface area contributed by atoms with E-state index in [1.807, 2.05) is 18.2 Å². The van der Waals surface area contributed by atoms with Crippen molar-refractivity contribution in [3.63, 3.8) is 0 Å². The Morgan fingerprint density at radius 1 is 0.812 bits per heavy atom. The highest BCUT2D eigenvalue weighted by Crippen LogP contribution is 2.45. The second-order valence-corrected chi connectivity index (χ2v) is 23.7. The average molecular weight is 1020 g/mol. The molecule has 1 unspecified atom stereocenters. The van der Waals surface area contributed by atoms with Crippen LogP contribution in [0.25, 0.3) is 11.0 Å². The van der Waals surface area contributed by atoms with Crippen molar-refractivity contribution in [2.75, 3.05) is 67.1 Å². The maximum Gasteiger partial charge on any atom is 0.262 e. The topological polar surface area (TPSA) is 192 Å². The van der Waals surface area contributed by atoms with Gasteiger partial charge in [-0.3, -0.25) is 39.4 Å². The van der Waals surface area contributed by atoms with E-state index in [4.69, 9.17) is 9.72 Å². The average Bonchev–Trinajstić information content (AvgIpc) is 3.58. The lowest BCUT2D eigenvalue weighted by molar-refractivity contribution is -0.136. The van der Waals surface area contributed by atoms with E-state index in [0.717, 1.165) is 66.6 Å². The Morgan fingerprint density at radius 3 is 2.28 bits per heavy atom. The van der Waals surface area contributed by atoms with Crippen molar-refractivity contribution in [3.05, 3.63) is 82.2 Å². The van der Waals surface area contributed by atoms with Crippen molar-refractivity contribution in [1.29, 1.82) is 0 Å². The van der Waals surface area contributed by atoms with E-state index in [0.29, 0.717) is 61.1 Å². The third-order valence-corrected chi connectivity index (χ3v) is 17.1. The van der Waals surface area contributed by atoms with E-state index < -0.39 is 30.9 Å². The number of nitrogens with one attached hydrogen (secondary N) is 3. The summed E-state index contributed by atoms with van der Waals surface area (Å²) in [6, 6.07) is 12.5. The number of hydrogen-bond acceptors (Lipinski definition) is 14. The fourth-order valence-corrected chi connectivity index (χ4v) is 13.1. The highest BCUT2D eigenvalue weighted by molar-refractivity contribution is 9.10. The van der Waals surface area contributed by atoms with Gasteiger partial charge in [0.2, 0.25) is 17.8 Å². The number of piperidine rings is 2. The summed E-state index contributed by atoms with van der Waals surface area (Å²) in [7, 11) is -1.09. The number of aryl methyl sites for hydroxylation is 1. The minimum Gasteiger partial charge on any atom is -0.494 e. The van der Waals surface area contributed by atoms with Crippen LogP contribution >= 0.6 is 23.1 Å². The lowest BCUT2D eigenvalue weighted by atomic mass is 9.70. The molecule has 0 spiro atoms. The smallest absolute Gasteiger partial charge is 0.262 e. The highest BCUT2D eigenvalue weighted by atomic mass is 79.9. The molecule has 18 heteroatoms. The molecule has 4 amide bonds. The van der Waals surface area contributed by atoms with Crippen LogP contribution in [0.15, 0.2) is 65.5 Å². The van der Waals surface area contributed by atoms with Crippen LogP contribution in [0.5, 0.6) is 5.75 Å². The van der Waals surface area contributed by atoms with Gasteiger partial charge in [0.05, 0.1) is 44.9 Å². The number of anilines is 6. The van der Waals surface area contributed by atoms with Crippen LogP contribution in [0.3, 0.4) is 0 Å². The third-order valence-electron chi connectivity index (χ3n) is 15.0. The molecule has 4 aliphatic heterocycles. The van der Waals surface area contributed by atoms with Crippen LogP contribution in [0.2, 0.25) is 0 Å². The van der Waals surface area contributed by atoms with E-state index in [1.165, 1.54) is 56.2 Å². The van der Waals surface area contributed by atoms with Crippen molar-refractivity contribution in [1.82, 2.24) is 30.2 Å². The standard InChI is InChI=1S/C51H58BrN10O6P/c1-5-31-23-40(57-51-55-26-37(52)47(59-51)56-39-13-12-38-45(54-19-18-53-38)46(39)69(3,4)67)43(68-2)25-42(31)60-20-16-33(17-21-60)32-8-6-29(7-9-32)22-30-27-61(28-30)34-10-11-35-36(24-34)50(66)62(49(35)65)41-14-15-44(63)58-48(41)64/h10-13,18-19,23-26,29-30,32-33,41H,5-9,14-17,20-22,27-28H2,1-4H3,(H,58,63,64)(H2,55,56,57,59)/t29-,32-,41?. The Balaban J connectivity index is 0.714. The number of nitrogens with zero attached hydrogens (tertiary/aromatic N) is 7. The second kappa shape index (κ2) is 19.1. The zero-order chi connectivity index (χ0) is 48.1.